The minimum atomic E-state index is -0.0741. The summed E-state index contributed by atoms with van der Waals surface area (Å²) in [6, 6.07) is 12.5. The molecule has 1 aliphatic rings. The molecule has 0 fully saturated rings. The first-order valence-electron chi connectivity index (χ1n) is 8.62. The van der Waals surface area contributed by atoms with Crippen molar-refractivity contribution in [2.45, 2.75) is 32.2 Å². The Balaban J connectivity index is 1.71. The molecule has 3 nitrogen and oxygen atoms in total. The van der Waals surface area contributed by atoms with Crippen LogP contribution in [0.25, 0.3) is 0 Å². The second kappa shape index (κ2) is 7.77. The lowest BCUT2D eigenvalue weighted by atomic mass is 9.87. The van der Waals surface area contributed by atoms with Gasteiger partial charge in [0.2, 0.25) is 0 Å². The maximum absolute atomic E-state index is 12.5. The molecular formula is C20H23Cl2N2O+. The quantitative estimate of drug-likeness (QED) is 0.833. The summed E-state index contributed by atoms with van der Waals surface area (Å²) in [6.07, 6.45) is 3.39. The first kappa shape index (κ1) is 18.2. The van der Waals surface area contributed by atoms with E-state index in [1.165, 1.54) is 16.0 Å². The van der Waals surface area contributed by atoms with Gasteiger partial charge in [-0.05, 0) is 37.0 Å². The third kappa shape index (κ3) is 4.00. The molecule has 0 bridgehead atoms. The number of anilines is 1. The number of halogens is 2. The SMILES string of the molecule is Cc1ccc(Cl)c(NC(=O)C[NH+](C)[C@@H]2CCCc3ccccc32)c1Cl. The first-order chi connectivity index (χ1) is 12.0. The minimum Gasteiger partial charge on any atom is -0.323 e. The van der Waals surface area contributed by atoms with Gasteiger partial charge in [0.15, 0.2) is 6.54 Å². The highest BCUT2D eigenvalue weighted by Crippen LogP contribution is 2.32. The maximum atomic E-state index is 12.5. The summed E-state index contributed by atoms with van der Waals surface area (Å²) < 4.78 is 0. The van der Waals surface area contributed by atoms with E-state index in [9.17, 15) is 4.79 Å². The molecule has 1 unspecified atom stereocenters. The number of likely N-dealkylation sites (N-methyl/N-ethyl adjacent to an activating group) is 1. The first-order valence-corrected chi connectivity index (χ1v) is 9.37. The number of amides is 1. The fraction of sp³-hybridized carbons (Fsp3) is 0.350. The molecule has 0 heterocycles. The second-order valence-corrected chi connectivity index (χ2v) is 7.55. The molecule has 25 heavy (non-hydrogen) atoms. The van der Waals surface area contributed by atoms with E-state index in [2.05, 4.69) is 36.6 Å². The fourth-order valence-electron chi connectivity index (χ4n) is 3.60. The predicted molar refractivity (Wildman–Crippen MR) is 104 cm³/mol. The van der Waals surface area contributed by atoms with E-state index >= 15 is 0 Å². The van der Waals surface area contributed by atoms with Gasteiger partial charge in [-0.15, -0.1) is 0 Å². The van der Waals surface area contributed by atoms with Gasteiger partial charge in [-0.1, -0.05) is 53.5 Å². The number of hydrogen-bond acceptors (Lipinski definition) is 1. The zero-order chi connectivity index (χ0) is 18.0. The lowest BCUT2D eigenvalue weighted by molar-refractivity contribution is -0.905. The van der Waals surface area contributed by atoms with Crippen LogP contribution in [0, 0.1) is 6.92 Å². The zero-order valence-corrected chi connectivity index (χ0v) is 16.0. The standard InChI is InChI=1S/C20H22Cl2N2O/c1-13-10-11-16(21)20(19(13)22)23-18(25)12-24(2)17-9-5-7-14-6-3-4-8-15(14)17/h3-4,6,8,10-11,17H,5,7,9,12H2,1-2H3,(H,23,25)/p+1/t17-/m1/s1. The molecule has 0 aliphatic heterocycles. The van der Waals surface area contributed by atoms with Gasteiger partial charge < -0.3 is 10.2 Å². The Labute approximate surface area is 158 Å². The largest absolute Gasteiger partial charge is 0.323 e. The normalized spacial score (nSPS) is 17.7. The van der Waals surface area contributed by atoms with E-state index in [0.29, 0.717) is 28.3 Å². The number of carbonyl (C=O) groups excluding carboxylic acids is 1. The van der Waals surface area contributed by atoms with Gasteiger partial charge in [-0.2, -0.15) is 0 Å². The second-order valence-electron chi connectivity index (χ2n) is 6.77. The Morgan fingerprint density at radius 2 is 2.00 bits per heavy atom. The van der Waals surface area contributed by atoms with Crippen molar-refractivity contribution in [2.24, 2.45) is 0 Å². The Morgan fingerprint density at radius 1 is 1.24 bits per heavy atom. The third-order valence-corrected chi connectivity index (χ3v) is 5.75. The van der Waals surface area contributed by atoms with Gasteiger partial charge >= 0.3 is 0 Å². The lowest BCUT2D eigenvalue weighted by Gasteiger charge is -2.30. The molecule has 0 saturated carbocycles. The number of benzene rings is 2. The van der Waals surface area contributed by atoms with Gasteiger partial charge in [0.25, 0.3) is 5.91 Å². The molecule has 2 aromatic rings. The lowest BCUT2D eigenvalue weighted by Crippen LogP contribution is -3.10. The van der Waals surface area contributed by atoms with Crippen LogP contribution in [-0.2, 0) is 11.2 Å². The summed E-state index contributed by atoms with van der Waals surface area (Å²) >= 11 is 12.5. The highest BCUT2D eigenvalue weighted by Gasteiger charge is 2.28. The van der Waals surface area contributed by atoms with Gasteiger partial charge in [-0.25, -0.2) is 0 Å². The maximum Gasteiger partial charge on any atom is 0.279 e. The van der Waals surface area contributed by atoms with Crippen LogP contribution in [0.4, 0.5) is 5.69 Å². The summed E-state index contributed by atoms with van der Waals surface area (Å²) in [5.74, 6) is -0.0741. The predicted octanol–water partition coefficient (Wildman–Crippen LogP) is 3.83. The Bertz CT molecular complexity index is 791. The van der Waals surface area contributed by atoms with E-state index in [0.717, 1.165) is 24.8 Å². The van der Waals surface area contributed by atoms with Crippen molar-refractivity contribution < 1.29 is 9.69 Å². The molecule has 1 aliphatic carbocycles. The van der Waals surface area contributed by atoms with Gasteiger partial charge in [-0.3, -0.25) is 4.79 Å². The Hall–Kier alpha value is -1.55. The van der Waals surface area contributed by atoms with E-state index in [4.69, 9.17) is 23.2 Å². The fourth-order valence-corrected chi connectivity index (χ4v) is 4.06. The average molecular weight is 378 g/mol. The number of carbonyl (C=O) groups is 1. The highest BCUT2D eigenvalue weighted by molar-refractivity contribution is 6.40. The van der Waals surface area contributed by atoms with Crippen LogP contribution >= 0.6 is 23.2 Å². The summed E-state index contributed by atoms with van der Waals surface area (Å²) in [7, 11) is 2.08. The molecule has 0 spiro atoms. The monoisotopic (exact) mass is 377 g/mol. The summed E-state index contributed by atoms with van der Waals surface area (Å²) in [6.45, 7) is 2.27. The summed E-state index contributed by atoms with van der Waals surface area (Å²) in [5, 5.41) is 3.85. The molecular weight excluding hydrogens is 355 g/mol. The number of rotatable bonds is 4. The minimum absolute atomic E-state index is 0.0741. The highest BCUT2D eigenvalue weighted by atomic mass is 35.5. The molecule has 132 valence electrons. The molecule has 0 radical (unpaired) electrons. The third-order valence-electron chi connectivity index (χ3n) is 4.95. The molecule has 2 atom stereocenters. The van der Waals surface area contributed by atoms with Gasteiger partial charge in [0, 0.05) is 12.0 Å². The number of nitrogens with one attached hydrogen (secondary N) is 2. The zero-order valence-electron chi connectivity index (χ0n) is 14.5. The molecule has 5 heteroatoms. The van der Waals surface area contributed by atoms with Crippen molar-refractivity contribution in [2.75, 3.05) is 18.9 Å². The van der Waals surface area contributed by atoms with Crippen LogP contribution in [0.2, 0.25) is 10.0 Å². The van der Waals surface area contributed by atoms with Crippen molar-refractivity contribution in [3.8, 4) is 0 Å². The van der Waals surface area contributed by atoms with Gasteiger partial charge in [0.1, 0.15) is 6.04 Å². The van der Waals surface area contributed by atoms with Crippen LogP contribution in [0.15, 0.2) is 36.4 Å². The summed E-state index contributed by atoms with van der Waals surface area (Å²) in [5.41, 5.74) is 4.17. The molecule has 2 N–H and O–H groups in total. The van der Waals surface area contributed by atoms with E-state index < -0.39 is 0 Å². The van der Waals surface area contributed by atoms with Crippen LogP contribution in [0.3, 0.4) is 0 Å². The van der Waals surface area contributed by atoms with Crippen LogP contribution in [-0.4, -0.2) is 19.5 Å². The molecule has 0 saturated heterocycles. The average Bonchev–Trinajstić information content (AvgIpc) is 2.61. The van der Waals surface area contributed by atoms with E-state index in [1.807, 2.05) is 13.0 Å². The molecule has 3 rings (SSSR count). The molecule has 0 aromatic heterocycles. The number of aryl methyl sites for hydroxylation is 2. The van der Waals surface area contributed by atoms with E-state index in [-0.39, 0.29) is 5.91 Å². The van der Waals surface area contributed by atoms with Crippen molar-refractivity contribution in [3.63, 3.8) is 0 Å². The summed E-state index contributed by atoms with van der Waals surface area (Å²) in [4.78, 5) is 13.7. The van der Waals surface area contributed by atoms with Crippen molar-refractivity contribution in [1.29, 1.82) is 0 Å². The molecule has 2 aromatic carbocycles. The van der Waals surface area contributed by atoms with Crippen LogP contribution in [0.1, 0.15) is 35.6 Å². The van der Waals surface area contributed by atoms with Crippen LogP contribution < -0.4 is 10.2 Å². The Kier molecular flexibility index (Phi) is 5.67. The molecule has 1 amide bonds. The number of quaternary nitrogens is 1. The van der Waals surface area contributed by atoms with Crippen LogP contribution in [0.5, 0.6) is 0 Å². The van der Waals surface area contributed by atoms with Crippen molar-refractivity contribution >= 4 is 34.8 Å². The smallest absolute Gasteiger partial charge is 0.279 e. The Morgan fingerprint density at radius 3 is 2.80 bits per heavy atom. The van der Waals surface area contributed by atoms with Crippen molar-refractivity contribution in [1.82, 2.24) is 0 Å². The van der Waals surface area contributed by atoms with Gasteiger partial charge in [0.05, 0.1) is 22.8 Å². The van der Waals surface area contributed by atoms with E-state index in [1.54, 1.807) is 6.07 Å². The topological polar surface area (TPSA) is 33.5 Å². The number of hydrogen-bond donors (Lipinski definition) is 2. The number of fused-ring (bicyclic) bond motifs is 1. The van der Waals surface area contributed by atoms with Crippen molar-refractivity contribution in [3.05, 3.63) is 63.1 Å².